The minimum atomic E-state index is -5.13. The van der Waals surface area contributed by atoms with Gasteiger partial charge in [0.05, 0.1) is 6.61 Å². The van der Waals surface area contributed by atoms with Gasteiger partial charge in [0.15, 0.2) is 6.10 Å². The third-order valence-electron chi connectivity index (χ3n) is 12.2. The summed E-state index contributed by atoms with van der Waals surface area (Å²) in [4.78, 5) is 35.9. The number of aliphatic hydroxyl groups is 5. The van der Waals surface area contributed by atoms with E-state index in [1.807, 2.05) is 0 Å². The van der Waals surface area contributed by atoms with Gasteiger partial charge in [-0.25, -0.2) is 4.57 Å². The fourth-order valence-electron chi connectivity index (χ4n) is 7.94. The minimum Gasteiger partial charge on any atom is -0.462 e. The topological polar surface area (TPSA) is 210 Å². The standard InChI is InChI=1S/C53H95O13P/c1-3-5-7-9-11-13-15-17-19-21-22-23-24-26-27-29-31-33-35-37-39-41-46(54)63-43-45(44-64-67(61,62)66-53-51(59)49(57)48(56)50(58)52(53)60)65-47(55)42-40-38-36-34-32-30-28-25-20-18-16-14-12-10-8-6-4-2/h6,8,12,14,18,20-22,45,48-53,56-60H,3-5,7,9-11,13,15-17,19,23-44H2,1-2H3,(H,61,62)/b8-6-,14-12-,20-18-,22-21-. The molecule has 390 valence electrons. The Labute approximate surface area is 405 Å². The lowest BCUT2D eigenvalue weighted by Gasteiger charge is -2.41. The molecular formula is C53H95O13P. The second-order valence-corrected chi connectivity index (χ2v) is 19.8. The van der Waals surface area contributed by atoms with E-state index in [0.717, 1.165) is 89.9 Å². The van der Waals surface area contributed by atoms with E-state index >= 15 is 0 Å². The van der Waals surface area contributed by atoms with Gasteiger partial charge in [-0.1, -0.05) is 184 Å². The summed E-state index contributed by atoms with van der Waals surface area (Å²) < 4.78 is 33.7. The van der Waals surface area contributed by atoms with E-state index in [2.05, 4.69) is 62.5 Å². The van der Waals surface area contributed by atoms with Crippen molar-refractivity contribution in [3.05, 3.63) is 48.6 Å². The second kappa shape index (κ2) is 42.7. The van der Waals surface area contributed by atoms with Crippen LogP contribution >= 0.6 is 7.82 Å². The first kappa shape index (κ1) is 62.8. The highest BCUT2D eigenvalue weighted by Gasteiger charge is 2.51. The number of esters is 2. The predicted molar refractivity (Wildman–Crippen MR) is 267 cm³/mol. The average Bonchev–Trinajstić information content (AvgIpc) is 3.31. The Hall–Kier alpha value is -2.19. The van der Waals surface area contributed by atoms with Gasteiger partial charge in [0.25, 0.3) is 0 Å². The smallest absolute Gasteiger partial charge is 0.462 e. The molecule has 1 rings (SSSR count). The van der Waals surface area contributed by atoms with E-state index in [9.17, 15) is 44.6 Å². The van der Waals surface area contributed by atoms with Crippen LogP contribution in [0.3, 0.4) is 0 Å². The van der Waals surface area contributed by atoms with Crippen LogP contribution in [0.25, 0.3) is 0 Å². The molecule has 6 N–H and O–H groups in total. The number of carbonyl (C=O) groups excluding carboxylic acids is 2. The maximum atomic E-state index is 12.9. The number of phosphoric acid groups is 1. The molecule has 1 fully saturated rings. The van der Waals surface area contributed by atoms with Gasteiger partial charge < -0.3 is 39.9 Å². The third-order valence-corrected chi connectivity index (χ3v) is 13.1. The normalized spacial score (nSPS) is 21.5. The van der Waals surface area contributed by atoms with Gasteiger partial charge in [-0.3, -0.25) is 18.6 Å². The first-order valence-corrected chi connectivity index (χ1v) is 27.9. The van der Waals surface area contributed by atoms with Crippen LogP contribution in [-0.2, 0) is 32.7 Å². The van der Waals surface area contributed by atoms with Crippen molar-refractivity contribution in [3.8, 4) is 0 Å². The summed E-state index contributed by atoms with van der Waals surface area (Å²) in [6.07, 6.45) is 38.7. The number of hydrogen-bond acceptors (Lipinski definition) is 12. The van der Waals surface area contributed by atoms with Gasteiger partial charge in [0.1, 0.15) is 43.2 Å². The SMILES string of the molecule is CC/C=C\C/C=C\C/C=C\CCCCCCCCCC(=O)OC(COC(=O)CCCCCCCCCCC/C=C\CCCCCCCCCC)COP(=O)(O)OC1C(O)C(O)C(O)C(O)C1O. The van der Waals surface area contributed by atoms with E-state index in [-0.39, 0.29) is 12.8 Å². The molecule has 1 aliphatic carbocycles. The van der Waals surface area contributed by atoms with Crippen molar-refractivity contribution in [2.45, 2.75) is 262 Å². The summed E-state index contributed by atoms with van der Waals surface area (Å²) >= 11 is 0. The van der Waals surface area contributed by atoms with Crippen molar-refractivity contribution in [2.75, 3.05) is 13.2 Å². The number of hydrogen-bond donors (Lipinski definition) is 6. The molecule has 6 atom stereocenters. The van der Waals surface area contributed by atoms with E-state index in [4.69, 9.17) is 18.5 Å². The minimum absolute atomic E-state index is 0.0845. The molecule has 0 aromatic carbocycles. The number of aliphatic hydroxyl groups excluding tert-OH is 5. The van der Waals surface area contributed by atoms with Gasteiger partial charge in [-0.15, -0.1) is 0 Å². The lowest BCUT2D eigenvalue weighted by atomic mass is 9.85. The van der Waals surface area contributed by atoms with Crippen LogP contribution in [0.2, 0.25) is 0 Å². The molecule has 0 aromatic rings. The number of allylic oxidation sites excluding steroid dienone is 8. The van der Waals surface area contributed by atoms with E-state index in [0.29, 0.717) is 12.8 Å². The number of carbonyl (C=O) groups is 2. The van der Waals surface area contributed by atoms with Crippen LogP contribution in [0.15, 0.2) is 48.6 Å². The quantitative estimate of drug-likeness (QED) is 0.0145. The number of phosphoric ester groups is 1. The zero-order valence-electron chi connectivity index (χ0n) is 41.7. The molecule has 67 heavy (non-hydrogen) atoms. The Bertz CT molecular complexity index is 1350. The lowest BCUT2D eigenvalue weighted by molar-refractivity contribution is -0.220. The first-order chi connectivity index (χ1) is 32.4. The molecule has 0 saturated heterocycles. The van der Waals surface area contributed by atoms with Gasteiger partial charge in [-0.05, 0) is 70.6 Å². The summed E-state index contributed by atoms with van der Waals surface area (Å²) in [6.45, 7) is 3.21. The molecule has 0 bridgehead atoms. The van der Waals surface area contributed by atoms with Crippen LogP contribution in [0.5, 0.6) is 0 Å². The molecule has 1 aliphatic rings. The van der Waals surface area contributed by atoms with E-state index < -0.39 is 75.7 Å². The molecule has 0 aromatic heterocycles. The molecule has 13 nitrogen and oxygen atoms in total. The fraction of sp³-hybridized carbons (Fsp3) is 0.811. The lowest BCUT2D eigenvalue weighted by Crippen LogP contribution is -2.64. The van der Waals surface area contributed by atoms with Gasteiger partial charge in [-0.2, -0.15) is 0 Å². The van der Waals surface area contributed by atoms with Crippen molar-refractivity contribution < 1.29 is 63.1 Å². The number of rotatable bonds is 44. The van der Waals surface area contributed by atoms with Crippen molar-refractivity contribution in [1.82, 2.24) is 0 Å². The molecule has 0 spiro atoms. The van der Waals surface area contributed by atoms with Crippen molar-refractivity contribution in [2.24, 2.45) is 0 Å². The maximum Gasteiger partial charge on any atom is 0.472 e. The fourth-order valence-corrected chi connectivity index (χ4v) is 8.92. The summed E-state index contributed by atoms with van der Waals surface area (Å²) in [5.41, 5.74) is 0. The van der Waals surface area contributed by atoms with Gasteiger partial charge in [0.2, 0.25) is 0 Å². The Morgan fingerprint density at radius 3 is 1.31 bits per heavy atom. The molecular weight excluding hydrogens is 876 g/mol. The number of ether oxygens (including phenoxy) is 2. The Balaban J connectivity index is 2.38. The molecule has 0 heterocycles. The highest BCUT2D eigenvalue weighted by Crippen LogP contribution is 2.47. The van der Waals surface area contributed by atoms with Crippen LogP contribution in [0.4, 0.5) is 0 Å². The van der Waals surface area contributed by atoms with E-state index in [1.54, 1.807) is 0 Å². The monoisotopic (exact) mass is 971 g/mol. The van der Waals surface area contributed by atoms with Crippen LogP contribution in [0.1, 0.15) is 219 Å². The maximum absolute atomic E-state index is 12.9. The van der Waals surface area contributed by atoms with Crippen LogP contribution in [0, 0.1) is 0 Å². The van der Waals surface area contributed by atoms with Crippen molar-refractivity contribution >= 4 is 19.8 Å². The van der Waals surface area contributed by atoms with E-state index in [1.165, 1.54) is 89.9 Å². The van der Waals surface area contributed by atoms with Crippen molar-refractivity contribution in [3.63, 3.8) is 0 Å². The predicted octanol–water partition coefficient (Wildman–Crippen LogP) is 11.5. The highest BCUT2D eigenvalue weighted by atomic mass is 31.2. The number of unbranched alkanes of at least 4 members (excludes halogenated alkanes) is 24. The Kier molecular flexibility index (Phi) is 40.0. The average molecular weight is 971 g/mol. The molecule has 1 saturated carbocycles. The summed E-state index contributed by atoms with van der Waals surface area (Å²) in [6, 6.07) is 0. The molecule has 6 unspecified atom stereocenters. The van der Waals surface area contributed by atoms with Crippen LogP contribution < -0.4 is 0 Å². The van der Waals surface area contributed by atoms with Crippen molar-refractivity contribution in [1.29, 1.82) is 0 Å². The Morgan fingerprint density at radius 2 is 0.851 bits per heavy atom. The highest BCUT2D eigenvalue weighted by molar-refractivity contribution is 7.47. The summed E-state index contributed by atoms with van der Waals surface area (Å²) in [5.74, 6) is -1.11. The van der Waals surface area contributed by atoms with Gasteiger partial charge in [0, 0.05) is 12.8 Å². The molecule has 14 heteroatoms. The summed E-state index contributed by atoms with van der Waals surface area (Å²) in [7, 11) is -5.13. The summed E-state index contributed by atoms with van der Waals surface area (Å²) in [5, 5.41) is 50.3. The van der Waals surface area contributed by atoms with Gasteiger partial charge >= 0.3 is 19.8 Å². The zero-order chi connectivity index (χ0) is 49.2. The zero-order valence-corrected chi connectivity index (χ0v) is 42.6. The molecule has 0 amide bonds. The largest absolute Gasteiger partial charge is 0.472 e. The third kappa shape index (κ3) is 34.7. The Morgan fingerprint density at radius 1 is 0.478 bits per heavy atom. The van der Waals surface area contributed by atoms with Crippen LogP contribution in [-0.4, -0.2) is 98.3 Å². The first-order valence-electron chi connectivity index (χ1n) is 26.4. The molecule has 0 radical (unpaired) electrons. The molecule has 0 aliphatic heterocycles. The second-order valence-electron chi connectivity index (χ2n) is 18.3.